The summed E-state index contributed by atoms with van der Waals surface area (Å²) < 4.78 is 5.44. The summed E-state index contributed by atoms with van der Waals surface area (Å²) in [6.07, 6.45) is 7.13. The molecular weight excluding hydrogens is 350 g/mol. The number of carbonyl (C=O) groups excluding carboxylic acids is 2. The van der Waals surface area contributed by atoms with Crippen LogP contribution < -0.4 is 15.0 Å². The van der Waals surface area contributed by atoms with Gasteiger partial charge in [-0.2, -0.15) is 0 Å². The second-order valence-electron chi connectivity index (χ2n) is 7.15. The smallest absolute Gasteiger partial charge is 0.311 e. The van der Waals surface area contributed by atoms with Crippen LogP contribution in [0.2, 0.25) is 0 Å². The van der Waals surface area contributed by atoms with Gasteiger partial charge in [-0.25, -0.2) is 0 Å². The molecule has 1 heterocycles. The lowest BCUT2D eigenvalue weighted by molar-refractivity contribution is -0.385. The van der Waals surface area contributed by atoms with E-state index in [0.717, 1.165) is 19.3 Å². The van der Waals surface area contributed by atoms with Gasteiger partial charge in [0.05, 0.1) is 4.92 Å². The average Bonchev–Trinajstić information content (AvgIpc) is 3.11. The van der Waals surface area contributed by atoms with E-state index in [0.29, 0.717) is 31.1 Å². The van der Waals surface area contributed by atoms with Crippen molar-refractivity contribution in [3.63, 3.8) is 0 Å². The molecule has 1 saturated heterocycles. The number of nitro groups is 1. The molecule has 3 rings (SSSR count). The van der Waals surface area contributed by atoms with Gasteiger partial charge in [0.2, 0.25) is 5.91 Å². The molecule has 1 aliphatic carbocycles. The van der Waals surface area contributed by atoms with Crippen LogP contribution in [-0.4, -0.2) is 36.4 Å². The monoisotopic (exact) mass is 375 g/mol. The third-order valence-corrected chi connectivity index (χ3v) is 5.20. The van der Waals surface area contributed by atoms with Crippen LogP contribution in [0.4, 0.5) is 11.4 Å². The molecule has 0 atom stereocenters. The number of rotatable bonds is 7. The van der Waals surface area contributed by atoms with Crippen molar-refractivity contribution < 1.29 is 19.2 Å². The molecule has 2 amide bonds. The van der Waals surface area contributed by atoms with Gasteiger partial charge in [-0.3, -0.25) is 19.7 Å². The molecule has 0 radical (unpaired) electrons. The van der Waals surface area contributed by atoms with Crippen LogP contribution in [0.25, 0.3) is 0 Å². The van der Waals surface area contributed by atoms with Crippen molar-refractivity contribution in [3.8, 4) is 5.75 Å². The lowest BCUT2D eigenvalue weighted by atomic mass is 9.89. The van der Waals surface area contributed by atoms with E-state index in [1.807, 2.05) is 0 Å². The van der Waals surface area contributed by atoms with Crippen molar-refractivity contribution in [2.75, 3.05) is 24.6 Å². The molecule has 8 nitrogen and oxygen atoms in total. The lowest BCUT2D eigenvalue weighted by Crippen LogP contribution is -2.33. The molecule has 1 saturated carbocycles. The minimum absolute atomic E-state index is 0.00464. The van der Waals surface area contributed by atoms with Crippen molar-refractivity contribution in [1.82, 2.24) is 5.32 Å². The third kappa shape index (κ3) is 4.96. The predicted molar refractivity (Wildman–Crippen MR) is 99.8 cm³/mol. The number of nitrogens with one attached hydrogen (secondary N) is 1. The molecule has 27 heavy (non-hydrogen) atoms. The van der Waals surface area contributed by atoms with Crippen LogP contribution >= 0.6 is 0 Å². The van der Waals surface area contributed by atoms with Gasteiger partial charge in [-0.05, 0) is 31.2 Å². The van der Waals surface area contributed by atoms with Crippen molar-refractivity contribution >= 4 is 23.2 Å². The van der Waals surface area contributed by atoms with Crippen LogP contribution in [0.5, 0.6) is 5.75 Å². The number of anilines is 1. The normalized spacial score (nSPS) is 17.8. The maximum atomic E-state index is 12.1. The number of hydrogen-bond donors (Lipinski definition) is 1. The van der Waals surface area contributed by atoms with Crippen molar-refractivity contribution in [2.24, 2.45) is 5.92 Å². The fourth-order valence-corrected chi connectivity index (χ4v) is 3.70. The van der Waals surface area contributed by atoms with E-state index in [4.69, 9.17) is 4.74 Å². The Morgan fingerprint density at radius 2 is 2.04 bits per heavy atom. The SMILES string of the molecule is O=C(COc1cc(N2CCCC2=O)ccc1[N+](=O)[O-])NCC1CCCCC1. The summed E-state index contributed by atoms with van der Waals surface area (Å²) in [5.74, 6) is 0.198. The highest BCUT2D eigenvalue weighted by Gasteiger charge is 2.25. The highest BCUT2D eigenvalue weighted by molar-refractivity contribution is 5.95. The quantitative estimate of drug-likeness (QED) is 0.583. The standard InChI is InChI=1S/C19H25N3O5/c23-18(20-12-14-5-2-1-3-6-14)13-27-17-11-15(8-9-16(17)22(25)26)21-10-4-7-19(21)24/h8-9,11,14H,1-7,10,12-13H2,(H,20,23). The Balaban J connectivity index is 1.60. The number of ether oxygens (including phenoxy) is 1. The lowest BCUT2D eigenvalue weighted by Gasteiger charge is -2.21. The van der Waals surface area contributed by atoms with Gasteiger partial charge in [0.15, 0.2) is 12.4 Å². The molecule has 2 aliphatic rings. The van der Waals surface area contributed by atoms with Crippen molar-refractivity contribution in [3.05, 3.63) is 28.3 Å². The summed E-state index contributed by atoms with van der Waals surface area (Å²) in [5.41, 5.74) is 0.339. The Morgan fingerprint density at radius 3 is 2.70 bits per heavy atom. The molecule has 0 aromatic heterocycles. The van der Waals surface area contributed by atoms with Gasteiger partial charge in [-0.1, -0.05) is 19.3 Å². The van der Waals surface area contributed by atoms with Crippen molar-refractivity contribution in [1.29, 1.82) is 0 Å². The number of nitro benzene ring substituents is 1. The Bertz CT molecular complexity index is 715. The molecule has 0 spiro atoms. The number of amides is 2. The van der Waals surface area contributed by atoms with Gasteiger partial charge in [0.1, 0.15) is 0 Å². The molecule has 146 valence electrons. The highest BCUT2D eigenvalue weighted by atomic mass is 16.6. The van der Waals surface area contributed by atoms with Crippen LogP contribution in [-0.2, 0) is 9.59 Å². The minimum atomic E-state index is -0.551. The van der Waals surface area contributed by atoms with E-state index in [-0.39, 0.29) is 29.9 Å². The molecule has 2 fully saturated rings. The van der Waals surface area contributed by atoms with E-state index in [1.165, 1.54) is 37.5 Å². The fourth-order valence-electron chi connectivity index (χ4n) is 3.70. The Morgan fingerprint density at radius 1 is 1.26 bits per heavy atom. The van der Waals surface area contributed by atoms with E-state index < -0.39 is 4.92 Å². The fraction of sp³-hybridized carbons (Fsp3) is 0.579. The van der Waals surface area contributed by atoms with Crippen LogP contribution in [0, 0.1) is 16.0 Å². The van der Waals surface area contributed by atoms with Gasteiger partial charge in [-0.15, -0.1) is 0 Å². The van der Waals surface area contributed by atoms with E-state index in [2.05, 4.69) is 5.32 Å². The van der Waals surface area contributed by atoms with E-state index in [9.17, 15) is 19.7 Å². The zero-order valence-electron chi connectivity index (χ0n) is 15.3. The largest absolute Gasteiger partial charge is 0.477 e. The first-order chi connectivity index (χ1) is 13.0. The molecule has 8 heteroatoms. The Kier molecular flexibility index (Phi) is 6.26. The molecule has 1 aromatic rings. The summed E-state index contributed by atoms with van der Waals surface area (Å²) in [4.78, 5) is 36.2. The first kappa shape index (κ1) is 19.1. The van der Waals surface area contributed by atoms with Gasteiger partial charge < -0.3 is 15.0 Å². The second kappa shape index (κ2) is 8.83. The van der Waals surface area contributed by atoms with Crippen molar-refractivity contribution in [2.45, 2.75) is 44.9 Å². The zero-order valence-corrected chi connectivity index (χ0v) is 15.3. The summed E-state index contributed by atoms with van der Waals surface area (Å²) in [6, 6.07) is 4.32. The maximum absolute atomic E-state index is 12.1. The molecule has 1 N–H and O–H groups in total. The molecule has 1 aromatic carbocycles. The Labute approximate surface area is 158 Å². The average molecular weight is 375 g/mol. The summed E-state index contributed by atoms with van der Waals surface area (Å²) in [7, 11) is 0. The van der Waals surface area contributed by atoms with Crippen LogP contribution in [0.1, 0.15) is 44.9 Å². The number of nitrogens with zero attached hydrogens (tertiary/aromatic N) is 2. The zero-order chi connectivity index (χ0) is 19.2. The summed E-state index contributed by atoms with van der Waals surface area (Å²) >= 11 is 0. The van der Waals surface area contributed by atoms with E-state index >= 15 is 0 Å². The number of hydrogen-bond acceptors (Lipinski definition) is 5. The van der Waals surface area contributed by atoms with Crippen LogP contribution in [0.15, 0.2) is 18.2 Å². The molecular formula is C19H25N3O5. The number of benzene rings is 1. The molecule has 1 aliphatic heterocycles. The summed E-state index contributed by atoms with van der Waals surface area (Å²) in [5, 5.41) is 14.1. The third-order valence-electron chi connectivity index (χ3n) is 5.20. The second-order valence-corrected chi connectivity index (χ2v) is 7.15. The van der Waals surface area contributed by atoms with Gasteiger partial charge >= 0.3 is 5.69 Å². The van der Waals surface area contributed by atoms with Gasteiger partial charge in [0, 0.05) is 37.3 Å². The maximum Gasteiger partial charge on any atom is 0.311 e. The highest BCUT2D eigenvalue weighted by Crippen LogP contribution is 2.33. The van der Waals surface area contributed by atoms with Crippen LogP contribution in [0.3, 0.4) is 0 Å². The molecule has 0 bridgehead atoms. The van der Waals surface area contributed by atoms with E-state index in [1.54, 1.807) is 4.90 Å². The topological polar surface area (TPSA) is 102 Å². The van der Waals surface area contributed by atoms with Gasteiger partial charge in [0.25, 0.3) is 5.91 Å². The Hall–Kier alpha value is -2.64. The minimum Gasteiger partial charge on any atom is -0.477 e. The first-order valence-corrected chi connectivity index (χ1v) is 9.53. The first-order valence-electron chi connectivity index (χ1n) is 9.53. The predicted octanol–water partition coefficient (Wildman–Crippen LogP) is 2.80. The summed E-state index contributed by atoms with van der Waals surface area (Å²) in [6.45, 7) is 0.912. The number of carbonyl (C=O) groups is 2. The molecule has 0 unspecified atom stereocenters.